The predicted molar refractivity (Wildman–Crippen MR) is 149 cm³/mol. The number of nitrogens with zero attached hydrogens (tertiary/aromatic N) is 5. The Labute approximate surface area is 219 Å². The number of aryl methyl sites for hydroxylation is 1. The second-order valence-electron chi connectivity index (χ2n) is 10.2. The minimum Gasteiger partial charge on any atom is -0.369 e. The second-order valence-corrected chi connectivity index (χ2v) is 10.2. The van der Waals surface area contributed by atoms with Crippen molar-refractivity contribution in [3.63, 3.8) is 0 Å². The highest BCUT2D eigenvalue weighted by molar-refractivity contribution is 5.79. The predicted octanol–water partition coefficient (Wildman–Crippen LogP) is 3.81. The summed E-state index contributed by atoms with van der Waals surface area (Å²) in [6.45, 7) is 8.46. The van der Waals surface area contributed by atoms with Crippen molar-refractivity contribution in [2.45, 2.75) is 26.3 Å². The van der Waals surface area contributed by atoms with Gasteiger partial charge in [-0.05, 0) is 62.7 Å². The van der Waals surface area contributed by atoms with Gasteiger partial charge in [-0.15, -0.1) is 0 Å². The van der Waals surface area contributed by atoms with Crippen molar-refractivity contribution < 1.29 is 4.79 Å². The number of aromatic nitrogens is 2. The largest absolute Gasteiger partial charge is 0.369 e. The molecule has 0 bridgehead atoms. The zero-order chi connectivity index (χ0) is 25.6. The van der Waals surface area contributed by atoms with Gasteiger partial charge in [0.15, 0.2) is 0 Å². The third-order valence-electron chi connectivity index (χ3n) is 7.34. The summed E-state index contributed by atoms with van der Waals surface area (Å²) in [5.41, 5.74) is 4.55. The summed E-state index contributed by atoms with van der Waals surface area (Å²) in [4.78, 5) is 29.1. The van der Waals surface area contributed by atoms with Gasteiger partial charge in [-0.2, -0.15) is 4.98 Å². The summed E-state index contributed by atoms with van der Waals surface area (Å²) in [5, 5.41) is 6.46. The van der Waals surface area contributed by atoms with Crippen LogP contribution in [0.3, 0.4) is 0 Å². The number of hydrogen-bond acceptors (Lipinski definition) is 7. The zero-order valence-corrected chi connectivity index (χ0v) is 21.9. The van der Waals surface area contributed by atoms with E-state index in [1.165, 1.54) is 11.3 Å². The highest BCUT2D eigenvalue weighted by Gasteiger charge is 2.26. The number of nitrogens with one attached hydrogen (secondary N) is 2. The van der Waals surface area contributed by atoms with Gasteiger partial charge in [0.25, 0.3) is 0 Å². The Morgan fingerprint density at radius 2 is 1.70 bits per heavy atom. The van der Waals surface area contributed by atoms with Crippen molar-refractivity contribution in [2.24, 2.45) is 5.92 Å². The van der Waals surface area contributed by atoms with E-state index in [2.05, 4.69) is 92.8 Å². The molecule has 2 saturated heterocycles. The Bertz CT molecular complexity index is 1170. The highest BCUT2D eigenvalue weighted by atomic mass is 16.1. The Balaban J connectivity index is 1.17. The van der Waals surface area contributed by atoms with Crippen LogP contribution in [0, 0.1) is 12.8 Å². The number of anilines is 4. The first-order chi connectivity index (χ1) is 18.0. The lowest BCUT2D eigenvalue weighted by Gasteiger charge is -2.34. The minimum absolute atomic E-state index is 0.0484. The normalized spacial score (nSPS) is 18.5. The molecule has 1 unspecified atom stereocenters. The lowest BCUT2D eigenvalue weighted by molar-refractivity contribution is -0.125. The van der Waals surface area contributed by atoms with E-state index < -0.39 is 0 Å². The van der Waals surface area contributed by atoms with E-state index in [1.54, 1.807) is 6.20 Å². The van der Waals surface area contributed by atoms with Crippen LogP contribution in [-0.4, -0.2) is 67.1 Å². The van der Waals surface area contributed by atoms with Gasteiger partial charge in [0.1, 0.15) is 5.82 Å². The van der Waals surface area contributed by atoms with Crippen LogP contribution in [0.1, 0.15) is 24.0 Å². The smallest absolute Gasteiger partial charge is 0.229 e. The molecule has 2 aliphatic rings. The van der Waals surface area contributed by atoms with Crippen LogP contribution in [-0.2, 0) is 11.3 Å². The van der Waals surface area contributed by atoms with Gasteiger partial charge in [0.2, 0.25) is 11.9 Å². The highest BCUT2D eigenvalue weighted by Crippen LogP contribution is 2.24. The first kappa shape index (κ1) is 25.0. The molecule has 37 heavy (non-hydrogen) atoms. The van der Waals surface area contributed by atoms with Crippen molar-refractivity contribution in [2.75, 3.05) is 61.4 Å². The lowest BCUT2D eigenvalue weighted by Crippen LogP contribution is -2.44. The maximum atomic E-state index is 12.9. The molecule has 2 aliphatic heterocycles. The first-order valence-corrected chi connectivity index (χ1v) is 13.3. The lowest BCUT2D eigenvalue weighted by atomic mass is 9.97. The molecule has 1 amide bonds. The van der Waals surface area contributed by atoms with Crippen molar-refractivity contribution in [1.29, 1.82) is 0 Å². The summed E-state index contributed by atoms with van der Waals surface area (Å²) in [6, 6.07) is 18.7. The zero-order valence-electron chi connectivity index (χ0n) is 21.9. The molecule has 0 radical (unpaired) electrons. The van der Waals surface area contributed by atoms with Gasteiger partial charge in [-0.3, -0.25) is 4.79 Å². The van der Waals surface area contributed by atoms with Crippen molar-refractivity contribution >= 4 is 29.0 Å². The molecular formula is C29H37N7O. The number of likely N-dealkylation sites (N-methyl/N-ethyl adjacent to an activating group) is 1. The van der Waals surface area contributed by atoms with Gasteiger partial charge in [-0.25, -0.2) is 4.98 Å². The van der Waals surface area contributed by atoms with Crippen LogP contribution >= 0.6 is 0 Å². The average molecular weight is 500 g/mol. The summed E-state index contributed by atoms with van der Waals surface area (Å²) >= 11 is 0. The fourth-order valence-electron chi connectivity index (χ4n) is 4.97. The summed E-state index contributed by atoms with van der Waals surface area (Å²) in [5.74, 6) is 1.48. The standard InChI is InChI=1S/C29H37N7O/c1-22-5-7-23(8-6-22)20-31-28(37)24-4-3-15-36(21-24)27-13-14-30-29(33-27)32-25-9-11-26(12-10-25)35-18-16-34(2)17-19-35/h5-14,24H,3-4,15-21H2,1-2H3,(H,31,37)(H,30,32,33). The van der Waals surface area contributed by atoms with Gasteiger partial charge in [0, 0.05) is 63.4 Å². The molecule has 0 spiro atoms. The van der Waals surface area contributed by atoms with Gasteiger partial charge in [0.05, 0.1) is 5.92 Å². The van der Waals surface area contributed by atoms with Crippen LogP contribution in [0.25, 0.3) is 0 Å². The second kappa shape index (κ2) is 11.6. The molecule has 3 heterocycles. The number of benzene rings is 2. The SMILES string of the molecule is Cc1ccc(CNC(=O)C2CCCN(c3ccnc(Nc4ccc(N5CCN(C)CC5)cc4)n3)C2)cc1. The minimum atomic E-state index is -0.0484. The van der Waals surface area contributed by atoms with E-state index in [4.69, 9.17) is 4.98 Å². The average Bonchev–Trinajstić information content (AvgIpc) is 2.94. The van der Waals surface area contributed by atoms with Crippen LogP contribution in [0.4, 0.5) is 23.1 Å². The van der Waals surface area contributed by atoms with E-state index in [0.29, 0.717) is 19.0 Å². The van der Waals surface area contributed by atoms with Crippen LogP contribution in [0.2, 0.25) is 0 Å². The van der Waals surface area contributed by atoms with E-state index in [0.717, 1.165) is 62.6 Å². The Kier molecular flexibility index (Phi) is 7.84. The molecule has 2 fully saturated rings. The summed E-state index contributed by atoms with van der Waals surface area (Å²) < 4.78 is 0. The Hall–Kier alpha value is -3.65. The number of piperidine rings is 1. The molecule has 0 saturated carbocycles. The monoisotopic (exact) mass is 499 g/mol. The third-order valence-corrected chi connectivity index (χ3v) is 7.34. The molecule has 8 heteroatoms. The van der Waals surface area contributed by atoms with Crippen molar-refractivity contribution in [3.8, 4) is 0 Å². The topological polar surface area (TPSA) is 76.6 Å². The van der Waals surface area contributed by atoms with Crippen molar-refractivity contribution in [3.05, 3.63) is 71.9 Å². The molecule has 5 rings (SSSR count). The van der Waals surface area contributed by atoms with Gasteiger partial charge >= 0.3 is 0 Å². The van der Waals surface area contributed by atoms with Crippen LogP contribution < -0.4 is 20.4 Å². The number of piperazine rings is 1. The molecule has 0 aliphatic carbocycles. The third kappa shape index (κ3) is 6.57. The molecule has 3 aromatic rings. The van der Waals surface area contributed by atoms with Gasteiger partial charge < -0.3 is 25.3 Å². The Morgan fingerprint density at radius 1 is 0.946 bits per heavy atom. The molecule has 8 nitrogen and oxygen atoms in total. The van der Waals surface area contributed by atoms with Crippen LogP contribution in [0.5, 0.6) is 0 Å². The molecule has 2 N–H and O–H groups in total. The maximum absolute atomic E-state index is 12.9. The number of rotatable bonds is 7. The van der Waals surface area contributed by atoms with Gasteiger partial charge in [-0.1, -0.05) is 29.8 Å². The number of hydrogen-bond donors (Lipinski definition) is 2. The molecule has 1 aromatic heterocycles. The quantitative estimate of drug-likeness (QED) is 0.512. The maximum Gasteiger partial charge on any atom is 0.229 e. The fourth-order valence-corrected chi connectivity index (χ4v) is 4.97. The number of carbonyl (C=O) groups excluding carboxylic acids is 1. The van der Waals surface area contributed by atoms with E-state index in [-0.39, 0.29) is 11.8 Å². The Morgan fingerprint density at radius 3 is 2.46 bits per heavy atom. The molecular weight excluding hydrogens is 462 g/mol. The van der Waals surface area contributed by atoms with E-state index >= 15 is 0 Å². The number of carbonyl (C=O) groups is 1. The number of amides is 1. The summed E-state index contributed by atoms with van der Waals surface area (Å²) in [7, 11) is 2.17. The van der Waals surface area contributed by atoms with Crippen molar-refractivity contribution in [1.82, 2.24) is 20.2 Å². The van der Waals surface area contributed by atoms with Crippen LogP contribution in [0.15, 0.2) is 60.8 Å². The van der Waals surface area contributed by atoms with E-state index in [9.17, 15) is 4.79 Å². The molecule has 194 valence electrons. The first-order valence-electron chi connectivity index (χ1n) is 13.3. The summed E-state index contributed by atoms with van der Waals surface area (Å²) in [6.07, 6.45) is 3.64. The molecule has 2 aromatic carbocycles. The molecule has 1 atom stereocenters. The van der Waals surface area contributed by atoms with E-state index in [1.807, 2.05) is 6.07 Å². The fraction of sp³-hybridized carbons (Fsp3) is 0.414.